The standard InChI is InChI=1S/C8H9N3OS/c12-8(13)11-3-6(4-11)7-1-2-9-5-10-7/h1-2,5-6H,3-4H2,(H,12,13). The van der Waals surface area contributed by atoms with E-state index in [1.807, 2.05) is 6.07 Å². The summed E-state index contributed by atoms with van der Waals surface area (Å²) in [6.07, 6.45) is 3.24. The van der Waals surface area contributed by atoms with Gasteiger partial charge in [0.2, 0.25) is 0 Å². The van der Waals surface area contributed by atoms with E-state index >= 15 is 0 Å². The quantitative estimate of drug-likeness (QED) is 0.678. The van der Waals surface area contributed by atoms with E-state index in [0.29, 0.717) is 5.92 Å². The molecule has 1 aliphatic rings. The number of carbonyl (C=O) groups excluding carboxylic acids is 1. The third kappa shape index (κ3) is 1.65. The molecule has 4 nitrogen and oxygen atoms in total. The Balaban J connectivity index is 1.98. The molecular weight excluding hydrogens is 186 g/mol. The van der Waals surface area contributed by atoms with Crippen LogP contribution in [0.1, 0.15) is 11.6 Å². The molecule has 1 aliphatic heterocycles. The van der Waals surface area contributed by atoms with E-state index < -0.39 is 0 Å². The van der Waals surface area contributed by atoms with Crippen LogP contribution in [0.4, 0.5) is 4.79 Å². The largest absolute Gasteiger partial charge is 0.332 e. The monoisotopic (exact) mass is 195 g/mol. The van der Waals surface area contributed by atoms with Crippen molar-refractivity contribution in [1.29, 1.82) is 0 Å². The highest BCUT2D eigenvalue weighted by Gasteiger charge is 2.30. The lowest BCUT2D eigenvalue weighted by molar-refractivity contribution is 0.173. The maximum absolute atomic E-state index is 10.8. The Bertz CT molecular complexity index is 310. The zero-order valence-corrected chi connectivity index (χ0v) is 7.82. The second-order valence-electron chi connectivity index (χ2n) is 3.02. The molecule has 0 bridgehead atoms. The number of thiol groups is 1. The van der Waals surface area contributed by atoms with Gasteiger partial charge < -0.3 is 4.90 Å². The van der Waals surface area contributed by atoms with Gasteiger partial charge in [0.15, 0.2) is 0 Å². The van der Waals surface area contributed by atoms with Crippen LogP contribution in [0, 0.1) is 0 Å². The molecule has 1 fully saturated rings. The number of hydrogen-bond acceptors (Lipinski definition) is 3. The zero-order valence-electron chi connectivity index (χ0n) is 6.92. The van der Waals surface area contributed by atoms with Crippen molar-refractivity contribution in [1.82, 2.24) is 14.9 Å². The average molecular weight is 195 g/mol. The van der Waals surface area contributed by atoms with Crippen molar-refractivity contribution < 1.29 is 4.79 Å². The number of nitrogens with zero attached hydrogens (tertiary/aromatic N) is 3. The molecule has 5 heteroatoms. The second-order valence-corrected chi connectivity index (χ2v) is 3.40. The molecular formula is C8H9N3OS. The molecule has 0 N–H and O–H groups in total. The maximum atomic E-state index is 10.8. The molecule has 0 atom stereocenters. The summed E-state index contributed by atoms with van der Waals surface area (Å²) < 4.78 is 0. The van der Waals surface area contributed by atoms with Crippen LogP contribution in [0.2, 0.25) is 0 Å². The van der Waals surface area contributed by atoms with Gasteiger partial charge in [-0.1, -0.05) is 12.6 Å². The molecule has 1 amide bonds. The lowest BCUT2D eigenvalue weighted by atomic mass is 9.97. The summed E-state index contributed by atoms with van der Waals surface area (Å²) >= 11 is 3.73. The van der Waals surface area contributed by atoms with Gasteiger partial charge in [-0.3, -0.25) is 4.79 Å². The number of likely N-dealkylation sites (tertiary alicyclic amines) is 1. The normalized spacial score (nSPS) is 16.8. The first-order valence-corrected chi connectivity index (χ1v) is 4.46. The van der Waals surface area contributed by atoms with Crippen molar-refractivity contribution in [2.45, 2.75) is 5.92 Å². The highest BCUT2D eigenvalue weighted by molar-refractivity contribution is 7.96. The van der Waals surface area contributed by atoms with Crippen molar-refractivity contribution in [3.63, 3.8) is 0 Å². The first kappa shape index (κ1) is 8.50. The smallest absolute Gasteiger partial charge is 0.278 e. The molecule has 0 unspecified atom stereocenters. The fraction of sp³-hybridized carbons (Fsp3) is 0.375. The van der Waals surface area contributed by atoms with Gasteiger partial charge in [-0.25, -0.2) is 9.97 Å². The Kier molecular flexibility index (Phi) is 2.18. The van der Waals surface area contributed by atoms with E-state index in [0.717, 1.165) is 18.8 Å². The lowest BCUT2D eigenvalue weighted by Gasteiger charge is -2.37. The van der Waals surface area contributed by atoms with E-state index in [1.165, 1.54) is 6.33 Å². The topological polar surface area (TPSA) is 46.1 Å². The van der Waals surface area contributed by atoms with Gasteiger partial charge in [-0.2, -0.15) is 0 Å². The fourth-order valence-corrected chi connectivity index (χ4v) is 1.53. The molecule has 2 rings (SSSR count). The Hall–Kier alpha value is -1.10. The zero-order chi connectivity index (χ0) is 9.26. The second kappa shape index (κ2) is 3.33. The minimum Gasteiger partial charge on any atom is -0.332 e. The Morgan fingerprint density at radius 2 is 2.38 bits per heavy atom. The van der Waals surface area contributed by atoms with Crippen LogP contribution in [-0.4, -0.2) is 33.2 Å². The SMILES string of the molecule is O=C(S)N1CC(c2ccncn2)C1. The van der Waals surface area contributed by atoms with E-state index in [4.69, 9.17) is 0 Å². The Morgan fingerprint density at radius 3 is 2.92 bits per heavy atom. The summed E-state index contributed by atoms with van der Waals surface area (Å²) in [6, 6.07) is 1.88. The molecule has 1 aromatic heterocycles. The third-order valence-electron chi connectivity index (χ3n) is 2.18. The van der Waals surface area contributed by atoms with Gasteiger partial charge in [0, 0.05) is 25.2 Å². The van der Waals surface area contributed by atoms with Gasteiger partial charge in [-0.15, -0.1) is 0 Å². The summed E-state index contributed by atoms with van der Waals surface area (Å²) in [7, 11) is 0. The summed E-state index contributed by atoms with van der Waals surface area (Å²) in [6.45, 7) is 1.44. The van der Waals surface area contributed by atoms with Crippen LogP contribution in [0.3, 0.4) is 0 Å². The number of carbonyl (C=O) groups is 1. The number of amides is 1. The van der Waals surface area contributed by atoms with Gasteiger partial charge in [0.05, 0.1) is 5.69 Å². The minimum absolute atomic E-state index is 0.162. The highest BCUT2D eigenvalue weighted by Crippen LogP contribution is 2.25. The first-order valence-electron chi connectivity index (χ1n) is 4.01. The molecule has 0 saturated carbocycles. The number of rotatable bonds is 1. The van der Waals surface area contributed by atoms with E-state index in [9.17, 15) is 4.79 Å². The summed E-state index contributed by atoms with van der Waals surface area (Å²) in [5, 5.41) is -0.162. The highest BCUT2D eigenvalue weighted by atomic mass is 32.1. The average Bonchev–Trinajstić information content (AvgIpc) is 2.02. The van der Waals surface area contributed by atoms with Crippen LogP contribution in [0.25, 0.3) is 0 Å². The molecule has 0 aliphatic carbocycles. The molecule has 0 aromatic carbocycles. The molecule has 2 heterocycles. The van der Waals surface area contributed by atoms with Gasteiger partial charge >= 0.3 is 0 Å². The van der Waals surface area contributed by atoms with Crippen molar-refractivity contribution in [3.05, 3.63) is 24.3 Å². The van der Waals surface area contributed by atoms with Gasteiger partial charge in [0.25, 0.3) is 5.24 Å². The van der Waals surface area contributed by atoms with Gasteiger partial charge in [0.1, 0.15) is 6.33 Å². The summed E-state index contributed by atoms with van der Waals surface area (Å²) in [5.74, 6) is 0.360. The van der Waals surface area contributed by atoms with E-state index in [2.05, 4.69) is 22.6 Å². The predicted octanol–water partition coefficient (Wildman–Crippen LogP) is 0.926. The first-order chi connectivity index (χ1) is 6.27. The lowest BCUT2D eigenvalue weighted by Crippen LogP contribution is -2.46. The van der Waals surface area contributed by atoms with Crippen LogP contribution in [-0.2, 0) is 0 Å². The summed E-state index contributed by atoms with van der Waals surface area (Å²) in [4.78, 5) is 20.4. The van der Waals surface area contributed by atoms with Crippen LogP contribution >= 0.6 is 12.6 Å². The molecule has 68 valence electrons. The minimum atomic E-state index is -0.162. The van der Waals surface area contributed by atoms with E-state index in [1.54, 1.807) is 11.1 Å². The third-order valence-corrected chi connectivity index (χ3v) is 2.46. The van der Waals surface area contributed by atoms with Crippen molar-refractivity contribution >= 4 is 17.9 Å². The Labute approximate surface area is 81.4 Å². The van der Waals surface area contributed by atoms with Crippen LogP contribution < -0.4 is 0 Å². The van der Waals surface area contributed by atoms with Crippen molar-refractivity contribution in [3.8, 4) is 0 Å². The number of hydrogen-bond donors (Lipinski definition) is 1. The molecule has 13 heavy (non-hydrogen) atoms. The van der Waals surface area contributed by atoms with Gasteiger partial charge in [-0.05, 0) is 6.07 Å². The van der Waals surface area contributed by atoms with E-state index in [-0.39, 0.29) is 5.24 Å². The van der Waals surface area contributed by atoms with Crippen LogP contribution in [0.15, 0.2) is 18.6 Å². The van der Waals surface area contributed by atoms with Crippen molar-refractivity contribution in [2.24, 2.45) is 0 Å². The summed E-state index contributed by atoms with van der Waals surface area (Å²) in [5.41, 5.74) is 1.00. The molecule has 1 saturated heterocycles. The predicted molar refractivity (Wildman–Crippen MR) is 50.7 cm³/mol. The van der Waals surface area contributed by atoms with Crippen molar-refractivity contribution in [2.75, 3.05) is 13.1 Å². The maximum Gasteiger partial charge on any atom is 0.278 e. The fourth-order valence-electron chi connectivity index (χ4n) is 1.36. The Morgan fingerprint density at radius 1 is 1.62 bits per heavy atom. The molecule has 0 spiro atoms. The number of aromatic nitrogens is 2. The molecule has 1 aromatic rings. The molecule has 0 radical (unpaired) electrons. The van der Waals surface area contributed by atoms with Crippen LogP contribution in [0.5, 0.6) is 0 Å².